The molecule has 0 aliphatic heterocycles. The number of hydrogen-bond acceptors (Lipinski definition) is 2. The predicted octanol–water partition coefficient (Wildman–Crippen LogP) is 2.58. The fourth-order valence-corrected chi connectivity index (χ4v) is 1.53. The van der Waals surface area contributed by atoms with Gasteiger partial charge in [-0.15, -0.1) is 12.3 Å². The quantitative estimate of drug-likeness (QED) is 0.660. The van der Waals surface area contributed by atoms with Crippen molar-refractivity contribution in [1.82, 2.24) is 5.32 Å². The number of furan rings is 1. The molecule has 0 atom stereocenters. The van der Waals surface area contributed by atoms with E-state index >= 15 is 0 Å². The highest BCUT2D eigenvalue weighted by Crippen LogP contribution is 2.16. The molecule has 80 valence electrons. The van der Waals surface area contributed by atoms with Crippen molar-refractivity contribution in [3.63, 3.8) is 0 Å². The lowest BCUT2D eigenvalue weighted by Gasteiger charge is -2.02. The van der Waals surface area contributed by atoms with Crippen LogP contribution in [0.1, 0.15) is 29.6 Å². The highest BCUT2D eigenvalue weighted by molar-refractivity contribution is 9.10. The van der Waals surface area contributed by atoms with Crippen molar-refractivity contribution in [3.8, 4) is 12.3 Å². The van der Waals surface area contributed by atoms with Gasteiger partial charge in [0, 0.05) is 13.0 Å². The third kappa shape index (κ3) is 3.80. The van der Waals surface area contributed by atoms with Gasteiger partial charge in [0.2, 0.25) is 0 Å². The molecule has 0 aliphatic carbocycles. The van der Waals surface area contributed by atoms with E-state index in [1.54, 1.807) is 6.07 Å². The van der Waals surface area contributed by atoms with Crippen LogP contribution in [0.4, 0.5) is 0 Å². The first-order valence-corrected chi connectivity index (χ1v) is 5.49. The number of amides is 1. The molecule has 0 aromatic carbocycles. The summed E-state index contributed by atoms with van der Waals surface area (Å²) in [5, 5.41) is 2.79. The van der Waals surface area contributed by atoms with Crippen molar-refractivity contribution >= 4 is 21.8 Å². The molecule has 1 aromatic heterocycles. The third-order valence-corrected chi connectivity index (χ3v) is 2.51. The zero-order valence-electron chi connectivity index (χ0n) is 8.25. The molecule has 0 saturated carbocycles. The van der Waals surface area contributed by atoms with Crippen molar-refractivity contribution in [2.75, 3.05) is 6.54 Å². The second-order valence-corrected chi connectivity index (χ2v) is 3.75. The summed E-state index contributed by atoms with van der Waals surface area (Å²) in [7, 11) is 0. The van der Waals surface area contributed by atoms with Crippen LogP contribution in [0.15, 0.2) is 21.4 Å². The fraction of sp³-hybridized carbons (Fsp3) is 0.364. The largest absolute Gasteiger partial charge is 0.457 e. The number of carbonyl (C=O) groups is 1. The van der Waals surface area contributed by atoms with Crippen molar-refractivity contribution in [3.05, 3.63) is 22.6 Å². The number of carbonyl (C=O) groups excluding carboxylic acids is 1. The highest BCUT2D eigenvalue weighted by Gasteiger charge is 2.11. The van der Waals surface area contributed by atoms with Crippen LogP contribution in [0.3, 0.4) is 0 Å². The molecule has 0 fully saturated rings. The molecular weight excluding hydrogens is 258 g/mol. The second-order valence-electron chi connectivity index (χ2n) is 3.03. The number of nitrogens with one attached hydrogen (secondary N) is 1. The molecular formula is C11H12BrNO2. The van der Waals surface area contributed by atoms with E-state index in [0.717, 1.165) is 19.3 Å². The summed E-state index contributed by atoms with van der Waals surface area (Å²) in [4.78, 5) is 11.5. The Morgan fingerprint density at radius 3 is 3.00 bits per heavy atom. The van der Waals surface area contributed by atoms with Crippen molar-refractivity contribution in [1.29, 1.82) is 0 Å². The third-order valence-electron chi connectivity index (χ3n) is 1.90. The van der Waals surface area contributed by atoms with Gasteiger partial charge in [-0.05, 0) is 34.8 Å². The zero-order chi connectivity index (χ0) is 11.1. The Labute approximate surface area is 97.4 Å². The summed E-state index contributed by atoms with van der Waals surface area (Å²) >= 11 is 3.15. The van der Waals surface area contributed by atoms with Crippen molar-refractivity contribution in [2.24, 2.45) is 0 Å². The minimum absolute atomic E-state index is 0.128. The molecule has 1 heterocycles. The van der Waals surface area contributed by atoms with Crippen molar-refractivity contribution in [2.45, 2.75) is 19.3 Å². The zero-order valence-corrected chi connectivity index (χ0v) is 9.84. The first kappa shape index (κ1) is 11.9. The van der Waals surface area contributed by atoms with Crippen LogP contribution in [0.5, 0.6) is 0 Å². The van der Waals surface area contributed by atoms with E-state index in [1.807, 2.05) is 0 Å². The van der Waals surface area contributed by atoms with E-state index in [0.29, 0.717) is 16.8 Å². The van der Waals surface area contributed by atoms with E-state index in [2.05, 4.69) is 27.2 Å². The molecule has 0 unspecified atom stereocenters. The van der Waals surface area contributed by atoms with Gasteiger partial charge in [-0.3, -0.25) is 4.79 Å². The van der Waals surface area contributed by atoms with Gasteiger partial charge in [0.25, 0.3) is 5.91 Å². The molecule has 0 spiro atoms. The van der Waals surface area contributed by atoms with Crippen LogP contribution in [-0.2, 0) is 0 Å². The molecule has 3 nitrogen and oxygen atoms in total. The van der Waals surface area contributed by atoms with Gasteiger partial charge >= 0.3 is 0 Å². The molecule has 0 aliphatic rings. The predicted molar refractivity (Wildman–Crippen MR) is 61.4 cm³/mol. The molecule has 4 heteroatoms. The molecule has 1 aromatic rings. The van der Waals surface area contributed by atoms with E-state index in [9.17, 15) is 4.79 Å². The average molecular weight is 270 g/mol. The average Bonchev–Trinajstić information content (AvgIpc) is 2.64. The first-order chi connectivity index (χ1) is 7.25. The van der Waals surface area contributed by atoms with Gasteiger partial charge in [-0.1, -0.05) is 0 Å². The molecule has 15 heavy (non-hydrogen) atoms. The molecule has 0 radical (unpaired) electrons. The summed E-state index contributed by atoms with van der Waals surface area (Å²) in [6, 6.07) is 1.63. The van der Waals surface area contributed by atoms with E-state index in [4.69, 9.17) is 10.8 Å². The molecule has 1 N–H and O–H groups in total. The van der Waals surface area contributed by atoms with Gasteiger partial charge in [0.1, 0.15) is 0 Å². The number of hydrogen-bond donors (Lipinski definition) is 1. The molecule has 1 amide bonds. The van der Waals surface area contributed by atoms with Gasteiger partial charge in [0.05, 0.1) is 11.8 Å². The first-order valence-electron chi connectivity index (χ1n) is 4.70. The van der Waals surface area contributed by atoms with Crippen LogP contribution in [0.25, 0.3) is 0 Å². The fourth-order valence-electron chi connectivity index (χ4n) is 1.10. The van der Waals surface area contributed by atoms with Gasteiger partial charge in [-0.25, -0.2) is 0 Å². The van der Waals surface area contributed by atoms with E-state index in [-0.39, 0.29) is 5.91 Å². The number of halogens is 1. The Morgan fingerprint density at radius 2 is 2.40 bits per heavy atom. The normalized spacial score (nSPS) is 9.60. The SMILES string of the molecule is C#CCCCCNC(=O)c1ccoc1Br. The maximum Gasteiger partial charge on any atom is 0.255 e. The standard InChI is InChI=1S/C11H12BrNO2/c1-2-3-4-5-7-13-11(14)9-6-8-15-10(9)12/h1,6,8H,3-5,7H2,(H,13,14). The topological polar surface area (TPSA) is 42.2 Å². The smallest absolute Gasteiger partial charge is 0.255 e. The molecule has 1 rings (SSSR count). The lowest BCUT2D eigenvalue weighted by Crippen LogP contribution is -2.24. The number of terminal acetylenes is 1. The Bertz CT molecular complexity index is 365. The molecule has 0 saturated heterocycles. The van der Waals surface area contributed by atoms with Crippen LogP contribution in [0.2, 0.25) is 0 Å². The summed E-state index contributed by atoms with van der Waals surface area (Å²) in [5.41, 5.74) is 0.520. The maximum atomic E-state index is 11.5. The summed E-state index contributed by atoms with van der Waals surface area (Å²) in [5.74, 6) is 2.43. The van der Waals surface area contributed by atoms with E-state index < -0.39 is 0 Å². The van der Waals surface area contributed by atoms with Crippen LogP contribution < -0.4 is 5.32 Å². The maximum absolute atomic E-state index is 11.5. The van der Waals surface area contributed by atoms with Gasteiger partial charge in [-0.2, -0.15) is 0 Å². The van der Waals surface area contributed by atoms with Gasteiger partial charge < -0.3 is 9.73 Å². The molecule has 0 bridgehead atoms. The van der Waals surface area contributed by atoms with Crippen molar-refractivity contribution < 1.29 is 9.21 Å². The Balaban J connectivity index is 2.26. The van der Waals surface area contributed by atoms with E-state index in [1.165, 1.54) is 6.26 Å². The number of unbranched alkanes of at least 4 members (excludes halogenated alkanes) is 2. The summed E-state index contributed by atoms with van der Waals surface area (Å²) in [6.45, 7) is 0.637. The summed E-state index contributed by atoms with van der Waals surface area (Å²) < 4.78 is 5.42. The Morgan fingerprint density at radius 1 is 1.60 bits per heavy atom. The van der Waals surface area contributed by atoms with Crippen LogP contribution in [0, 0.1) is 12.3 Å². The monoisotopic (exact) mass is 269 g/mol. The highest BCUT2D eigenvalue weighted by atomic mass is 79.9. The van der Waals surface area contributed by atoms with Crippen LogP contribution >= 0.6 is 15.9 Å². The Hall–Kier alpha value is -1.21. The Kier molecular flexibility index (Phi) is 4.99. The minimum atomic E-state index is -0.128. The summed E-state index contributed by atoms with van der Waals surface area (Å²) in [6.07, 6.45) is 9.16. The minimum Gasteiger partial charge on any atom is -0.457 e. The van der Waals surface area contributed by atoms with Crippen LogP contribution in [-0.4, -0.2) is 12.5 Å². The number of rotatable bonds is 5. The lowest BCUT2D eigenvalue weighted by atomic mass is 10.2. The van der Waals surface area contributed by atoms with Gasteiger partial charge in [0.15, 0.2) is 4.67 Å². The lowest BCUT2D eigenvalue weighted by molar-refractivity contribution is 0.0951. The second kappa shape index (κ2) is 6.31.